The van der Waals surface area contributed by atoms with Crippen LogP contribution in [0.1, 0.15) is 39.0 Å². The highest BCUT2D eigenvalue weighted by Gasteiger charge is 2.44. The van der Waals surface area contributed by atoms with Crippen molar-refractivity contribution in [3.8, 4) is 0 Å². The Labute approximate surface area is 185 Å². The summed E-state index contributed by atoms with van der Waals surface area (Å²) in [6.07, 6.45) is -3.81. The number of rotatable bonds is 6. The van der Waals surface area contributed by atoms with Crippen LogP contribution in [0.5, 0.6) is 0 Å². The molecule has 0 amide bonds. The van der Waals surface area contributed by atoms with Crippen LogP contribution >= 0.6 is 0 Å². The molecule has 2 aromatic carbocycles. The van der Waals surface area contributed by atoms with Gasteiger partial charge in [-0.3, -0.25) is 0 Å². The number of carboxylic acids is 1. The Morgan fingerprint density at radius 1 is 1.16 bits per heavy atom. The summed E-state index contributed by atoms with van der Waals surface area (Å²) in [5, 5.41) is 11.1. The number of nitrogens with one attached hydrogen (secondary N) is 1. The summed E-state index contributed by atoms with van der Waals surface area (Å²) < 4.78 is 69.4. The molecule has 1 aliphatic rings. The molecule has 2 aromatic rings. The zero-order valence-electron chi connectivity index (χ0n) is 17.9. The molecule has 1 atom stereocenters. The van der Waals surface area contributed by atoms with Crippen molar-refractivity contribution in [2.45, 2.75) is 50.7 Å². The van der Waals surface area contributed by atoms with Crippen molar-refractivity contribution in [3.63, 3.8) is 0 Å². The van der Waals surface area contributed by atoms with E-state index in [4.69, 9.17) is 0 Å². The van der Waals surface area contributed by atoms with Gasteiger partial charge in [-0.15, -0.1) is 0 Å². The molecule has 174 valence electrons. The number of anilines is 1. The Morgan fingerprint density at radius 2 is 1.78 bits per heavy atom. The smallest absolute Gasteiger partial charge is 0.406 e. The van der Waals surface area contributed by atoms with Crippen molar-refractivity contribution in [1.29, 1.82) is 0 Å². The van der Waals surface area contributed by atoms with E-state index in [2.05, 4.69) is 0 Å². The lowest BCUT2D eigenvalue weighted by Gasteiger charge is -2.35. The molecule has 1 unspecified atom stereocenters. The number of carbonyl (C=O) groups is 1. The second kappa shape index (κ2) is 8.74. The number of hydrogen-bond donors (Lipinski definition) is 1. The number of aryl methyl sites for hydroxylation is 4. The predicted octanol–water partition coefficient (Wildman–Crippen LogP) is 2.64. The minimum absolute atomic E-state index is 0.0519. The van der Waals surface area contributed by atoms with Crippen molar-refractivity contribution in [3.05, 3.63) is 58.1 Å². The summed E-state index contributed by atoms with van der Waals surface area (Å²) in [6, 6.07) is 4.98. The summed E-state index contributed by atoms with van der Waals surface area (Å²) in [7, 11) is -4.45. The average molecular weight is 470 g/mol. The molecule has 1 heterocycles. The molecular weight excluding hydrogens is 445 g/mol. The number of carboxylic acid groups (broad SMARTS) is 1. The van der Waals surface area contributed by atoms with Gasteiger partial charge in [0.1, 0.15) is 6.04 Å². The zero-order chi connectivity index (χ0) is 23.8. The maximum absolute atomic E-state index is 13.9. The monoisotopic (exact) mass is 469 g/mol. The minimum atomic E-state index is -4.83. The first-order valence-corrected chi connectivity index (χ1v) is 11.5. The highest BCUT2D eigenvalue weighted by Crippen LogP contribution is 2.31. The average Bonchev–Trinajstić information content (AvgIpc) is 2.65. The lowest BCUT2D eigenvalue weighted by Crippen LogP contribution is -2.53. The number of nitrogens with zero attached hydrogens (tertiary/aromatic N) is 1. The van der Waals surface area contributed by atoms with Gasteiger partial charge in [0.2, 0.25) is 10.0 Å². The van der Waals surface area contributed by atoms with Crippen molar-refractivity contribution in [2.24, 2.45) is 0 Å². The third-order valence-corrected chi connectivity index (χ3v) is 7.28. The number of aromatic carboxylic acids is 1. The van der Waals surface area contributed by atoms with Gasteiger partial charge in [0, 0.05) is 18.8 Å². The van der Waals surface area contributed by atoms with Gasteiger partial charge in [-0.25, -0.2) is 8.42 Å². The number of hydrogen-bond acceptors (Lipinski definition) is 5. The van der Waals surface area contributed by atoms with E-state index in [0.29, 0.717) is 35.2 Å². The molecule has 0 radical (unpaired) electrons. The minimum Gasteiger partial charge on any atom is -0.545 e. The van der Waals surface area contributed by atoms with Gasteiger partial charge >= 0.3 is 6.18 Å². The Morgan fingerprint density at radius 3 is 2.34 bits per heavy atom. The van der Waals surface area contributed by atoms with Gasteiger partial charge in [-0.2, -0.15) is 17.9 Å². The van der Waals surface area contributed by atoms with Crippen LogP contribution in [0.15, 0.2) is 35.2 Å². The molecule has 6 nitrogen and oxygen atoms in total. The van der Waals surface area contributed by atoms with Crippen LogP contribution in [0.3, 0.4) is 0 Å². The third-order valence-electron chi connectivity index (χ3n) is 5.50. The van der Waals surface area contributed by atoms with E-state index in [1.54, 1.807) is 32.9 Å². The van der Waals surface area contributed by atoms with E-state index >= 15 is 0 Å². The number of alkyl halides is 3. The van der Waals surface area contributed by atoms with Crippen LogP contribution in [0.25, 0.3) is 0 Å². The van der Waals surface area contributed by atoms with Gasteiger partial charge in [-0.05, 0) is 68.0 Å². The Kier molecular flexibility index (Phi) is 6.57. The van der Waals surface area contributed by atoms with Crippen molar-refractivity contribution in [2.75, 3.05) is 18.0 Å². The van der Waals surface area contributed by atoms with Gasteiger partial charge in [-0.1, -0.05) is 23.8 Å². The third kappa shape index (κ3) is 5.07. The summed E-state index contributed by atoms with van der Waals surface area (Å²) in [5.74, 6) is -1.37. The molecule has 10 heteroatoms. The first kappa shape index (κ1) is 24.1. The van der Waals surface area contributed by atoms with Gasteiger partial charge in [0.25, 0.3) is 0 Å². The Hall–Kier alpha value is -2.59. The summed E-state index contributed by atoms with van der Waals surface area (Å²) in [4.78, 5) is 12.4. The first-order valence-electron chi connectivity index (χ1n) is 10.1. The van der Waals surface area contributed by atoms with E-state index in [1.165, 1.54) is 23.1 Å². The van der Waals surface area contributed by atoms with E-state index in [0.717, 1.165) is 5.56 Å². The number of benzene rings is 2. The molecule has 1 N–H and O–H groups in total. The number of halogens is 3. The maximum atomic E-state index is 13.9. The molecule has 0 bridgehead atoms. The molecular formula is C22H24F3N2O4S-. The van der Waals surface area contributed by atoms with Gasteiger partial charge in [0.05, 0.1) is 10.9 Å². The Bertz CT molecular complexity index is 1120. The van der Waals surface area contributed by atoms with Crippen molar-refractivity contribution in [1.82, 2.24) is 4.72 Å². The van der Waals surface area contributed by atoms with E-state index in [1.807, 2.05) is 4.72 Å². The lowest BCUT2D eigenvalue weighted by atomic mass is 9.98. The maximum Gasteiger partial charge on any atom is 0.406 e. The fourth-order valence-corrected chi connectivity index (χ4v) is 5.92. The standard InChI is InChI=1S/C22H25F3N2O4S/c1-13-9-14(2)20(15(3)10-13)32(30,31)26-19(22(23,24)25)12-27-8-4-5-16-11-17(21(28)29)6-7-18(16)27/h6-7,9-11,19,26H,4-5,8,12H2,1-3H3,(H,28,29)/p-1. The molecule has 0 spiro atoms. The van der Waals surface area contributed by atoms with E-state index in [-0.39, 0.29) is 17.0 Å². The molecule has 0 aliphatic carbocycles. The summed E-state index contributed by atoms with van der Waals surface area (Å²) in [5.41, 5.74) is 2.55. The largest absolute Gasteiger partial charge is 0.545 e. The van der Waals surface area contributed by atoms with Crippen LogP contribution in [-0.4, -0.2) is 39.7 Å². The van der Waals surface area contributed by atoms with Crippen molar-refractivity contribution >= 4 is 21.7 Å². The van der Waals surface area contributed by atoms with E-state index in [9.17, 15) is 31.5 Å². The second-order valence-electron chi connectivity index (χ2n) is 8.12. The van der Waals surface area contributed by atoms with Gasteiger partial charge < -0.3 is 14.8 Å². The van der Waals surface area contributed by atoms with Crippen LogP contribution in [0, 0.1) is 20.8 Å². The van der Waals surface area contributed by atoms with Crippen LogP contribution < -0.4 is 14.7 Å². The molecule has 0 fully saturated rings. The quantitative estimate of drug-likeness (QED) is 0.703. The summed E-state index contributed by atoms with van der Waals surface area (Å²) >= 11 is 0. The van der Waals surface area contributed by atoms with E-state index < -0.39 is 34.8 Å². The highest BCUT2D eigenvalue weighted by atomic mass is 32.2. The normalized spacial score (nSPS) is 15.4. The molecule has 0 saturated carbocycles. The van der Waals surface area contributed by atoms with Gasteiger partial charge in [0.15, 0.2) is 0 Å². The fraction of sp³-hybridized carbons (Fsp3) is 0.409. The Balaban J connectivity index is 1.93. The molecule has 32 heavy (non-hydrogen) atoms. The molecule has 0 saturated heterocycles. The lowest BCUT2D eigenvalue weighted by molar-refractivity contribution is -0.255. The topological polar surface area (TPSA) is 89.5 Å². The molecule has 0 aromatic heterocycles. The second-order valence-corrected chi connectivity index (χ2v) is 9.77. The fourth-order valence-electron chi connectivity index (χ4n) is 4.26. The van der Waals surface area contributed by atoms with Crippen LogP contribution in [-0.2, 0) is 16.4 Å². The van der Waals surface area contributed by atoms with Crippen LogP contribution in [0.2, 0.25) is 0 Å². The number of sulfonamides is 1. The molecule has 3 rings (SSSR count). The first-order chi connectivity index (χ1) is 14.8. The summed E-state index contributed by atoms with van der Waals surface area (Å²) in [6.45, 7) is 4.53. The SMILES string of the molecule is Cc1cc(C)c(S(=O)(=O)NC(CN2CCCc3cc(C(=O)[O-])ccc32)C(F)(F)F)c(C)c1. The number of fused-ring (bicyclic) bond motifs is 1. The zero-order valence-corrected chi connectivity index (χ0v) is 18.7. The predicted molar refractivity (Wildman–Crippen MR) is 112 cm³/mol. The molecule has 1 aliphatic heterocycles. The number of carbonyl (C=O) groups excluding carboxylic acids is 1. The highest BCUT2D eigenvalue weighted by molar-refractivity contribution is 7.89. The van der Waals surface area contributed by atoms with Crippen LogP contribution in [0.4, 0.5) is 18.9 Å². The van der Waals surface area contributed by atoms with Crippen molar-refractivity contribution < 1.29 is 31.5 Å².